The first-order chi connectivity index (χ1) is 18.5. The van der Waals surface area contributed by atoms with Gasteiger partial charge in [0.1, 0.15) is 19.0 Å². The summed E-state index contributed by atoms with van der Waals surface area (Å²) in [5, 5.41) is 4.11. The van der Waals surface area contributed by atoms with Gasteiger partial charge in [0.15, 0.2) is 11.5 Å². The smallest absolute Gasteiger partial charge is 0.271 e. The molecule has 194 valence electrons. The number of ether oxygens (including phenoxy) is 3. The van der Waals surface area contributed by atoms with Gasteiger partial charge in [0.05, 0.1) is 17.3 Å². The lowest BCUT2D eigenvalue weighted by Gasteiger charge is -2.13. The Bertz CT molecular complexity index is 1390. The number of halogens is 1. The summed E-state index contributed by atoms with van der Waals surface area (Å²) >= 11 is 3.55. The molecule has 0 unspecified atom stereocenters. The summed E-state index contributed by atoms with van der Waals surface area (Å²) in [6.45, 7) is 5.27. The van der Waals surface area contributed by atoms with Gasteiger partial charge in [-0.1, -0.05) is 60.2 Å². The van der Waals surface area contributed by atoms with E-state index in [0.717, 1.165) is 26.9 Å². The number of benzene rings is 4. The van der Waals surface area contributed by atoms with Gasteiger partial charge in [-0.3, -0.25) is 4.79 Å². The highest BCUT2D eigenvalue weighted by molar-refractivity contribution is 9.10. The standard InChI is InChI=1S/C31H29BrN2O4/c1-3-36-30-18-26(14-16-29(30)38-20-23-7-5-4-6-8-23)31(35)34-33-19-25-13-15-28(27(32)17-25)37-21-24-11-9-22(2)10-12-24/h4-19H,3,20-21H2,1-2H3,(H,34,35)/b33-19+. The highest BCUT2D eigenvalue weighted by Crippen LogP contribution is 2.29. The summed E-state index contributed by atoms with van der Waals surface area (Å²) in [6, 6.07) is 28.8. The molecule has 0 saturated heterocycles. The third-order valence-electron chi connectivity index (χ3n) is 5.59. The number of carbonyl (C=O) groups excluding carboxylic acids is 1. The Kier molecular flexibility index (Phi) is 9.54. The number of aryl methyl sites for hydroxylation is 1. The van der Waals surface area contributed by atoms with E-state index in [2.05, 4.69) is 57.6 Å². The van der Waals surface area contributed by atoms with Crippen LogP contribution in [0.15, 0.2) is 101 Å². The maximum Gasteiger partial charge on any atom is 0.271 e. The Hall–Kier alpha value is -4.10. The van der Waals surface area contributed by atoms with Gasteiger partial charge in [0.25, 0.3) is 5.91 Å². The summed E-state index contributed by atoms with van der Waals surface area (Å²) in [6.07, 6.45) is 1.58. The molecule has 0 heterocycles. The lowest BCUT2D eigenvalue weighted by molar-refractivity contribution is 0.0954. The Balaban J connectivity index is 1.34. The van der Waals surface area contributed by atoms with Gasteiger partial charge in [0.2, 0.25) is 0 Å². The zero-order chi connectivity index (χ0) is 26.7. The molecule has 0 saturated carbocycles. The molecule has 38 heavy (non-hydrogen) atoms. The summed E-state index contributed by atoms with van der Waals surface area (Å²) in [4.78, 5) is 12.7. The summed E-state index contributed by atoms with van der Waals surface area (Å²) < 4.78 is 18.3. The summed E-state index contributed by atoms with van der Waals surface area (Å²) in [5.74, 6) is 1.45. The molecule has 1 N–H and O–H groups in total. The van der Waals surface area contributed by atoms with Crippen molar-refractivity contribution in [1.82, 2.24) is 5.43 Å². The molecule has 7 heteroatoms. The van der Waals surface area contributed by atoms with Gasteiger partial charge in [-0.2, -0.15) is 5.10 Å². The maximum absolute atomic E-state index is 12.7. The minimum absolute atomic E-state index is 0.353. The van der Waals surface area contributed by atoms with Crippen molar-refractivity contribution >= 4 is 28.1 Å². The van der Waals surface area contributed by atoms with Crippen molar-refractivity contribution in [1.29, 1.82) is 0 Å². The lowest BCUT2D eigenvalue weighted by atomic mass is 10.2. The molecule has 0 spiro atoms. The molecular weight excluding hydrogens is 544 g/mol. The maximum atomic E-state index is 12.7. The Morgan fingerprint density at radius 3 is 2.21 bits per heavy atom. The third-order valence-corrected chi connectivity index (χ3v) is 6.21. The Morgan fingerprint density at radius 1 is 0.816 bits per heavy atom. The molecule has 0 aliphatic heterocycles. The largest absolute Gasteiger partial charge is 0.490 e. The van der Waals surface area contributed by atoms with Crippen LogP contribution in [0.25, 0.3) is 0 Å². The minimum Gasteiger partial charge on any atom is -0.490 e. The number of hydrazone groups is 1. The van der Waals surface area contributed by atoms with Crippen molar-refractivity contribution in [2.24, 2.45) is 5.10 Å². The van der Waals surface area contributed by atoms with Crippen molar-refractivity contribution in [2.75, 3.05) is 6.61 Å². The van der Waals surface area contributed by atoms with Crippen LogP contribution in [-0.2, 0) is 13.2 Å². The second kappa shape index (κ2) is 13.4. The van der Waals surface area contributed by atoms with Crippen LogP contribution in [0.1, 0.15) is 39.5 Å². The molecule has 0 aliphatic carbocycles. The first-order valence-electron chi connectivity index (χ1n) is 12.3. The van der Waals surface area contributed by atoms with Crippen molar-refractivity contribution in [3.05, 3.63) is 123 Å². The van der Waals surface area contributed by atoms with Crippen LogP contribution in [0.4, 0.5) is 0 Å². The number of hydrogen-bond acceptors (Lipinski definition) is 5. The Labute approximate surface area is 231 Å². The first-order valence-corrected chi connectivity index (χ1v) is 13.1. The van der Waals surface area contributed by atoms with Crippen molar-refractivity contribution in [3.8, 4) is 17.2 Å². The highest BCUT2D eigenvalue weighted by atomic mass is 79.9. The molecule has 6 nitrogen and oxygen atoms in total. The summed E-state index contributed by atoms with van der Waals surface area (Å²) in [5.41, 5.74) is 7.14. The molecule has 1 amide bonds. The number of amides is 1. The predicted octanol–water partition coefficient (Wildman–Crippen LogP) is 7.08. The van der Waals surface area contributed by atoms with E-state index in [-0.39, 0.29) is 5.91 Å². The predicted molar refractivity (Wildman–Crippen MR) is 153 cm³/mol. The van der Waals surface area contributed by atoms with Crippen LogP contribution in [0, 0.1) is 6.92 Å². The molecule has 4 rings (SSSR count). The first kappa shape index (κ1) is 26.9. The van der Waals surface area contributed by atoms with Gasteiger partial charge in [-0.05, 0) is 82.9 Å². The molecule has 0 aromatic heterocycles. The van der Waals surface area contributed by atoms with Crippen LogP contribution in [0.5, 0.6) is 17.2 Å². The monoisotopic (exact) mass is 572 g/mol. The van der Waals surface area contributed by atoms with Gasteiger partial charge < -0.3 is 14.2 Å². The van der Waals surface area contributed by atoms with E-state index in [0.29, 0.717) is 36.9 Å². The number of nitrogens with zero attached hydrogens (tertiary/aromatic N) is 1. The van der Waals surface area contributed by atoms with Crippen LogP contribution >= 0.6 is 15.9 Å². The molecule has 0 fully saturated rings. The molecule has 4 aromatic carbocycles. The SMILES string of the molecule is CCOc1cc(C(=O)N/N=C/c2ccc(OCc3ccc(C)cc3)c(Br)c2)ccc1OCc1ccccc1. The molecular formula is C31H29BrN2O4. The number of hydrogen-bond donors (Lipinski definition) is 1. The van der Waals surface area contributed by atoms with Gasteiger partial charge >= 0.3 is 0 Å². The van der Waals surface area contributed by atoms with Gasteiger partial charge in [-0.15, -0.1) is 0 Å². The van der Waals surface area contributed by atoms with E-state index in [1.54, 1.807) is 24.4 Å². The van der Waals surface area contributed by atoms with Crippen LogP contribution in [-0.4, -0.2) is 18.7 Å². The van der Waals surface area contributed by atoms with Crippen molar-refractivity contribution in [3.63, 3.8) is 0 Å². The normalized spacial score (nSPS) is 10.8. The average Bonchev–Trinajstić information content (AvgIpc) is 2.93. The quantitative estimate of drug-likeness (QED) is 0.154. The molecule has 0 aliphatic rings. The van der Waals surface area contributed by atoms with Gasteiger partial charge in [0, 0.05) is 5.56 Å². The van der Waals surface area contributed by atoms with Crippen molar-refractivity contribution in [2.45, 2.75) is 27.1 Å². The fourth-order valence-electron chi connectivity index (χ4n) is 3.56. The molecule has 0 atom stereocenters. The van der Waals surface area contributed by atoms with E-state index in [1.165, 1.54) is 5.56 Å². The van der Waals surface area contributed by atoms with Gasteiger partial charge in [-0.25, -0.2) is 5.43 Å². The zero-order valence-corrected chi connectivity index (χ0v) is 22.9. The fourth-order valence-corrected chi connectivity index (χ4v) is 4.07. The molecule has 0 bridgehead atoms. The number of nitrogens with one attached hydrogen (secondary N) is 1. The van der Waals surface area contributed by atoms with E-state index in [9.17, 15) is 4.79 Å². The molecule has 4 aromatic rings. The van der Waals surface area contributed by atoms with Crippen LogP contribution in [0.3, 0.4) is 0 Å². The highest BCUT2D eigenvalue weighted by Gasteiger charge is 2.12. The van der Waals surface area contributed by atoms with E-state index < -0.39 is 0 Å². The van der Waals surface area contributed by atoms with Crippen LogP contribution < -0.4 is 19.6 Å². The minimum atomic E-state index is -0.353. The van der Waals surface area contributed by atoms with E-state index >= 15 is 0 Å². The number of carbonyl (C=O) groups is 1. The van der Waals surface area contributed by atoms with E-state index in [1.807, 2.05) is 55.5 Å². The summed E-state index contributed by atoms with van der Waals surface area (Å²) in [7, 11) is 0. The average molecular weight is 573 g/mol. The lowest BCUT2D eigenvalue weighted by Crippen LogP contribution is -2.17. The zero-order valence-electron chi connectivity index (χ0n) is 21.3. The second-order valence-corrected chi connectivity index (χ2v) is 9.39. The van der Waals surface area contributed by atoms with E-state index in [4.69, 9.17) is 14.2 Å². The molecule has 0 radical (unpaired) electrons. The number of rotatable bonds is 11. The second-order valence-electron chi connectivity index (χ2n) is 8.53. The third kappa shape index (κ3) is 7.70. The van der Waals surface area contributed by atoms with Crippen molar-refractivity contribution < 1.29 is 19.0 Å². The Morgan fingerprint density at radius 2 is 1.50 bits per heavy atom. The topological polar surface area (TPSA) is 69.2 Å². The van der Waals surface area contributed by atoms with Crippen LogP contribution in [0.2, 0.25) is 0 Å². The fraction of sp³-hybridized carbons (Fsp3) is 0.161.